The molecule has 0 aliphatic rings. The van der Waals surface area contributed by atoms with E-state index in [1.807, 2.05) is 24.3 Å². The average Bonchev–Trinajstić information content (AvgIpc) is 2.73. The highest BCUT2D eigenvalue weighted by molar-refractivity contribution is 5.93. The zero-order chi connectivity index (χ0) is 11.1. The topological polar surface area (TPSA) is 67.5 Å². The van der Waals surface area contributed by atoms with Gasteiger partial charge in [-0.15, -0.1) is 0 Å². The summed E-state index contributed by atoms with van der Waals surface area (Å²) in [6.07, 6.45) is 3.02. The molecular weight excluding hydrogens is 206 g/mol. The third-order valence-corrected chi connectivity index (χ3v) is 2.42. The van der Waals surface area contributed by atoms with Gasteiger partial charge in [0.15, 0.2) is 5.69 Å². The molecule has 2 aromatic heterocycles. The van der Waals surface area contributed by atoms with Crippen molar-refractivity contribution in [3.63, 3.8) is 0 Å². The molecule has 0 fully saturated rings. The maximum absolute atomic E-state index is 10.8. The zero-order valence-electron chi connectivity index (χ0n) is 8.16. The fourth-order valence-corrected chi connectivity index (χ4v) is 1.68. The molecule has 5 nitrogen and oxygen atoms in total. The van der Waals surface area contributed by atoms with Gasteiger partial charge in [0.1, 0.15) is 12.0 Å². The maximum Gasteiger partial charge on any atom is 0.356 e. The first-order valence-corrected chi connectivity index (χ1v) is 4.71. The molecule has 0 atom stereocenters. The number of hydrogen-bond acceptors (Lipinski definition) is 3. The van der Waals surface area contributed by atoms with Gasteiger partial charge in [-0.3, -0.25) is 4.40 Å². The molecule has 3 rings (SSSR count). The Balaban J connectivity index is 2.46. The highest BCUT2D eigenvalue weighted by Crippen LogP contribution is 2.16. The number of carboxylic acids is 1. The largest absolute Gasteiger partial charge is 0.476 e. The SMILES string of the molecule is O=C(O)c1cn2cnc3ccccc3c2n1. The van der Waals surface area contributed by atoms with Crippen molar-refractivity contribution in [3.05, 3.63) is 42.5 Å². The zero-order valence-corrected chi connectivity index (χ0v) is 8.16. The molecule has 0 saturated heterocycles. The first-order chi connectivity index (χ1) is 7.75. The van der Waals surface area contributed by atoms with Crippen LogP contribution in [0.4, 0.5) is 0 Å². The van der Waals surface area contributed by atoms with E-state index < -0.39 is 5.97 Å². The van der Waals surface area contributed by atoms with Crippen molar-refractivity contribution >= 4 is 22.5 Å². The van der Waals surface area contributed by atoms with Gasteiger partial charge < -0.3 is 5.11 Å². The fraction of sp³-hybridized carbons (Fsp3) is 0. The molecule has 0 bridgehead atoms. The normalized spacial score (nSPS) is 11.0. The van der Waals surface area contributed by atoms with E-state index in [1.54, 1.807) is 10.7 Å². The summed E-state index contributed by atoms with van der Waals surface area (Å²) in [6, 6.07) is 7.49. The van der Waals surface area contributed by atoms with Crippen LogP contribution in [0, 0.1) is 0 Å². The molecule has 0 saturated carbocycles. The predicted molar refractivity (Wildman–Crippen MR) is 57.5 cm³/mol. The second-order valence-electron chi connectivity index (χ2n) is 3.42. The van der Waals surface area contributed by atoms with Crippen molar-refractivity contribution < 1.29 is 9.90 Å². The molecule has 0 unspecified atom stereocenters. The van der Waals surface area contributed by atoms with E-state index in [4.69, 9.17) is 5.11 Å². The number of benzene rings is 1. The second kappa shape index (κ2) is 3.03. The van der Waals surface area contributed by atoms with Crippen LogP contribution in [-0.2, 0) is 0 Å². The fourth-order valence-electron chi connectivity index (χ4n) is 1.68. The number of carbonyl (C=O) groups is 1. The summed E-state index contributed by atoms with van der Waals surface area (Å²) in [4.78, 5) is 19.1. The van der Waals surface area contributed by atoms with E-state index in [9.17, 15) is 4.79 Å². The molecule has 0 amide bonds. The van der Waals surface area contributed by atoms with Gasteiger partial charge in [-0.2, -0.15) is 0 Å². The summed E-state index contributed by atoms with van der Waals surface area (Å²) in [5, 5.41) is 9.71. The Kier molecular flexibility index (Phi) is 1.67. The number of rotatable bonds is 1. The minimum Gasteiger partial charge on any atom is -0.476 e. The molecule has 3 aromatic rings. The predicted octanol–water partition coefficient (Wildman–Crippen LogP) is 1.58. The number of para-hydroxylation sites is 1. The van der Waals surface area contributed by atoms with Gasteiger partial charge in [-0.25, -0.2) is 14.8 Å². The van der Waals surface area contributed by atoms with Gasteiger partial charge in [0, 0.05) is 11.6 Å². The number of imidazole rings is 1. The van der Waals surface area contributed by atoms with E-state index >= 15 is 0 Å². The van der Waals surface area contributed by atoms with Crippen molar-refractivity contribution in [2.45, 2.75) is 0 Å². The number of fused-ring (bicyclic) bond motifs is 3. The molecule has 16 heavy (non-hydrogen) atoms. The van der Waals surface area contributed by atoms with E-state index in [-0.39, 0.29) is 5.69 Å². The first-order valence-electron chi connectivity index (χ1n) is 4.71. The summed E-state index contributed by atoms with van der Waals surface area (Å²) in [5.41, 5.74) is 1.44. The third-order valence-electron chi connectivity index (χ3n) is 2.42. The molecule has 78 valence electrons. The monoisotopic (exact) mass is 213 g/mol. The summed E-state index contributed by atoms with van der Waals surface area (Å²) in [5.74, 6) is -1.03. The van der Waals surface area contributed by atoms with Crippen LogP contribution in [0.3, 0.4) is 0 Å². The lowest BCUT2D eigenvalue weighted by molar-refractivity contribution is 0.0691. The lowest BCUT2D eigenvalue weighted by Crippen LogP contribution is -1.94. The summed E-state index contributed by atoms with van der Waals surface area (Å²) >= 11 is 0. The average molecular weight is 213 g/mol. The van der Waals surface area contributed by atoms with Crippen molar-refractivity contribution in [1.82, 2.24) is 14.4 Å². The number of carboxylic acid groups (broad SMARTS) is 1. The van der Waals surface area contributed by atoms with Gasteiger partial charge in [-0.05, 0) is 12.1 Å². The molecule has 2 heterocycles. The van der Waals surface area contributed by atoms with E-state index in [0.717, 1.165) is 10.9 Å². The molecule has 1 N–H and O–H groups in total. The van der Waals surface area contributed by atoms with Crippen molar-refractivity contribution in [1.29, 1.82) is 0 Å². The Morgan fingerprint density at radius 3 is 2.94 bits per heavy atom. The van der Waals surface area contributed by atoms with Crippen LogP contribution in [0.25, 0.3) is 16.6 Å². The van der Waals surface area contributed by atoms with Gasteiger partial charge >= 0.3 is 5.97 Å². The molecule has 5 heteroatoms. The quantitative estimate of drug-likeness (QED) is 0.666. The molecule has 0 radical (unpaired) electrons. The number of aromatic carboxylic acids is 1. The molecule has 0 spiro atoms. The lowest BCUT2D eigenvalue weighted by Gasteiger charge is -1.97. The van der Waals surface area contributed by atoms with Crippen molar-refractivity contribution in [2.24, 2.45) is 0 Å². The number of nitrogens with zero attached hydrogens (tertiary/aromatic N) is 3. The van der Waals surface area contributed by atoms with Gasteiger partial charge in [0.2, 0.25) is 0 Å². The summed E-state index contributed by atoms with van der Waals surface area (Å²) in [7, 11) is 0. The highest BCUT2D eigenvalue weighted by Gasteiger charge is 2.10. The van der Waals surface area contributed by atoms with Crippen LogP contribution in [0.5, 0.6) is 0 Å². The van der Waals surface area contributed by atoms with Crippen molar-refractivity contribution in [3.8, 4) is 0 Å². The van der Waals surface area contributed by atoms with E-state index in [2.05, 4.69) is 9.97 Å². The third kappa shape index (κ3) is 1.15. The lowest BCUT2D eigenvalue weighted by atomic mass is 10.2. The Labute approximate surface area is 90.0 Å². The van der Waals surface area contributed by atoms with Crippen LogP contribution in [0.2, 0.25) is 0 Å². The van der Waals surface area contributed by atoms with Crippen LogP contribution in [0.15, 0.2) is 36.8 Å². The Morgan fingerprint density at radius 1 is 1.31 bits per heavy atom. The van der Waals surface area contributed by atoms with Gasteiger partial charge in [0.05, 0.1) is 5.52 Å². The minimum absolute atomic E-state index is 0.0261. The number of hydrogen-bond donors (Lipinski definition) is 1. The van der Waals surface area contributed by atoms with Crippen LogP contribution >= 0.6 is 0 Å². The van der Waals surface area contributed by atoms with Gasteiger partial charge in [0.25, 0.3) is 0 Å². The van der Waals surface area contributed by atoms with Gasteiger partial charge in [-0.1, -0.05) is 12.1 Å². The van der Waals surface area contributed by atoms with Crippen LogP contribution < -0.4 is 0 Å². The van der Waals surface area contributed by atoms with E-state index in [1.165, 1.54) is 6.20 Å². The smallest absolute Gasteiger partial charge is 0.356 e. The Hall–Kier alpha value is -2.43. The molecule has 0 aliphatic heterocycles. The second-order valence-corrected chi connectivity index (χ2v) is 3.42. The molecule has 0 aliphatic carbocycles. The van der Waals surface area contributed by atoms with E-state index in [0.29, 0.717) is 5.65 Å². The number of aromatic nitrogens is 3. The minimum atomic E-state index is -1.03. The molecule has 1 aromatic carbocycles. The van der Waals surface area contributed by atoms with Crippen molar-refractivity contribution in [2.75, 3.05) is 0 Å². The maximum atomic E-state index is 10.8. The van der Waals surface area contributed by atoms with Crippen LogP contribution in [-0.4, -0.2) is 25.4 Å². The Morgan fingerprint density at radius 2 is 2.12 bits per heavy atom. The Bertz CT molecular complexity index is 703. The summed E-state index contributed by atoms with van der Waals surface area (Å²) < 4.78 is 1.62. The first kappa shape index (κ1) is 8.84. The standard InChI is InChI=1S/C11H7N3O2/c15-11(16)9-5-14-6-12-8-4-2-1-3-7(8)10(14)13-9/h1-6H,(H,15,16). The summed E-state index contributed by atoms with van der Waals surface area (Å²) in [6.45, 7) is 0. The van der Waals surface area contributed by atoms with Crippen LogP contribution in [0.1, 0.15) is 10.5 Å². The highest BCUT2D eigenvalue weighted by atomic mass is 16.4. The molecular formula is C11H7N3O2.